The molecule has 0 heterocycles. The maximum atomic E-state index is 13.1. The monoisotopic (exact) mass is 1430 g/mol. The van der Waals surface area contributed by atoms with Gasteiger partial charge in [0, 0.05) is 25.7 Å². The Bertz CT molecular complexity index is 2000. The van der Waals surface area contributed by atoms with E-state index < -0.39 is 97.5 Å². The molecule has 17 nitrogen and oxygen atoms in total. The third-order valence-electron chi connectivity index (χ3n) is 17.6. The summed E-state index contributed by atoms with van der Waals surface area (Å²) in [5, 5.41) is 10.6. The van der Waals surface area contributed by atoms with Gasteiger partial charge >= 0.3 is 39.5 Å². The lowest BCUT2D eigenvalue weighted by molar-refractivity contribution is -0.161. The van der Waals surface area contributed by atoms with Gasteiger partial charge in [-0.25, -0.2) is 9.13 Å². The molecule has 0 aromatic rings. The van der Waals surface area contributed by atoms with Gasteiger partial charge in [-0.1, -0.05) is 334 Å². The van der Waals surface area contributed by atoms with Crippen molar-refractivity contribution in [3.63, 3.8) is 0 Å². The van der Waals surface area contributed by atoms with Crippen LogP contribution < -0.4 is 0 Å². The highest BCUT2D eigenvalue weighted by Crippen LogP contribution is 2.45. The van der Waals surface area contributed by atoms with Crippen molar-refractivity contribution in [3.8, 4) is 0 Å². The average molecular weight is 1430 g/mol. The number of allylic oxidation sites excluding steroid dienone is 6. The second-order valence-corrected chi connectivity index (χ2v) is 30.3. The van der Waals surface area contributed by atoms with Crippen LogP contribution in [0.3, 0.4) is 0 Å². The zero-order valence-electron chi connectivity index (χ0n) is 63.0. The summed E-state index contributed by atoms with van der Waals surface area (Å²) in [5.74, 6) is -2.14. The Labute approximate surface area is 598 Å². The van der Waals surface area contributed by atoms with Gasteiger partial charge in [-0.3, -0.25) is 37.3 Å². The van der Waals surface area contributed by atoms with Crippen LogP contribution in [0.1, 0.15) is 387 Å². The summed E-state index contributed by atoms with van der Waals surface area (Å²) in [6, 6.07) is 0. The molecular formula is C79H148O17P2. The SMILES string of the molecule is CCCCC/C=C\C/C=C\C/C=C\CCCCCCCCC(=O)OCC(COP(=O)(O)OCC(O)COP(=O)(O)OCC(COC(=O)CCCCCCCCCCCCCCC)OC(=O)CCCCCCCCCCCCC)OC(=O)CCCCCCCCCCCCCCCCC. The number of phosphoric acid groups is 2. The van der Waals surface area contributed by atoms with Gasteiger partial charge in [-0.15, -0.1) is 0 Å². The molecular weight excluding hydrogens is 1280 g/mol. The molecule has 0 fully saturated rings. The first-order chi connectivity index (χ1) is 47.7. The molecule has 5 unspecified atom stereocenters. The quantitative estimate of drug-likeness (QED) is 0.0169. The van der Waals surface area contributed by atoms with Gasteiger partial charge < -0.3 is 33.8 Å². The lowest BCUT2D eigenvalue weighted by atomic mass is 10.0. The van der Waals surface area contributed by atoms with Crippen LogP contribution in [-0.2, 0) is 65.4 Å². The van der Waals surface area contributed by atoms with Crippen LogP contribution in [-0.4, -0.2) is 96.7 Å². The maximum Gasteiger partial charge on any atom is 0.472 e. The van der Waals surface area contributed by atoms with Crippen LogP contribution in [0.4, 0.5) is 0 Å². The minimum absolute atomic E-state index is 0.101. The van der Waals surface area contributed by atoms with Gasteiger partial charge in [0.25, 0.3) is 0 Å². The van der Waals surface area contributed by atoms with Gasteiger partial charge in [0.05, 0.1) is 26.4 Å². The number of aliphatic hydroxyl groups is 1. The van der Waals surface area contributed by atoms with E-state index in [9.17, 15) is 43.2 Å². The summed E-state index contributed by atoms with van der Waals surface area (Å²) >= 11 is 0. The second-order valence-electron chi connectivity index (χ2n) is 27.4. The summed E-state index contributed by atoms with van der Waals surface area (Å²) < 4.78 is 68.6. The first kappa shape index (κ1) is 95.3. The molecule has 0 rings (SSSR count). The molecule has 0 amide bonds. The van der Waals surface area contributed by atoms with Crippen molar-refractivity contribution in [1.82, 2.24) is 0 Å². The zero-order chi connectivity index (χ0) is 71.8. The fourth-order valence-corrected chi connectivity index (χ4v) is 13.0. The Balaban J connectivity index is 5.27. The molecule has 0 saturated heterocycles. The van der Waals surface area contributed by atoms with E-state index in [0.29, 0.717) is 25.7 Å². The highest BCUT2D eigenvalue weighted by molar-refractivity contribution is 7.47. The van der Waals surface area contributed by atoms with Gasteiger partial charge in [0.1, 0.15) is 19.3 Å². The Hall–Kier alpha value is -2.72. The number of phosphoric ester groups is 2. The molecule has 98 heavy (non-hydrogen) atoms. The van der Waals surface area contributed by atoms with Gasteiger partial charge in [-0.2, -0.15) is 0 Å². The van der Waals surface area contributed by atoms with E-state index in [-0.39, 0.29) is 25.7 Å². The molecule has 5 atom stereocenters. The van der Waals surface area contributed by atoms with Crippen LogP contribution in [0.15, 0.2) is 36.5 Å². The summed E-state index contributed by atoms with van der Waals surface area (Å²) in [4.78, 5) is 72.9. The van der Waals surface area contributed by atoms with Crippen molar-refractivity contribution in [2.45, 2.75) is 406 Å². The first-order valence-electron chi connectivity index (χ1n) is 40.2. The lowest BCUT2D eigenvalue weighted by Gasteiger charge is -2.21. The number of ether oxygens (including phenoxy) is 4. The number of rotatable bonds is 77. The van der Waals surface area contributed by atoms with Crippen LogP contribution in [0.25, 0.3) is 0 Å². The predicted octanol–water partition coefficient (Wildman–Crippen LogP) is 23.1. The minimum atomic E-state index is -4.97. The van der Waals surface area contributed by atoms with E-state index in [0.717, 1.165) is 128 Å². The molecule has 0 aliphatic carbocycles. The Morgan fingerprint density at radius 1 is 0.286 bits per heavy atom. The predicted molar refractivity (Wildman–Crippen MR) is 400 cm³/mol. The molecule has 0 radical (unpaired) electrons. The molecule has 0 bridgehead atoms. The van der Waals surface area contributed by atoms with E-state index in [2.05, 4.69) is 64.2 Å². The topological polar surface area (TPSA) is 237 Å². The second kappa shape index (κ2) is 72.6. The molecule has 576 valence electrons. The number of esters is 4. The van der Waals surface area contributed by atoms with E-state index in [1.54, 1.807) is 0 Å². The average Bonchev–Trinajstić information content (AvgIpc) is 0.992. The van der Waals surface area contributed by atoms with Crippen LogP contribution in [0, 0.1) is 0 Å². The molecule has 0 aromatic carbocycles. The molecule has 0 spiro atoms. The van der Waals surface area contributed by atoms with E-state index in [1.165, 1.54) is 180 Å². The summed E-state index contributed by atoms with van der Waals surface area (Å²) in [5.41, 5.74) is 0. The minimum Gasteiger partial charge on any atom is -0.462 e. The van der Waals surface area contributed by atoms with Crippen molar-refractivity contribution in [2.24, 2.45) is 0 Å². The van der Waals surface area contributed by atoms with Crippen LogP contribution in [0.5, 0.6) is 0 Å². The Morgan fingerprint density at radius 2 is 0.500 bits per heavy atom. The number of carbonyl (C=O) groups is 4. The van der Waals surface area contributed by atoms with Crippen molar-refractivity contribution < 1.29 is 80.2 Å². The Morgan fingerprint density at radius 3 is 0.786 bits per heavy atom. The molecule has 0 aliphatic heterocycles. The number of unbranched alkanes of at least 4 members (excludes halogenated alkanes) is 45. The van der Waals surface area contributed by atoms with Crippen molar-refractivity contribution in [2.75, 3.05) is 39.6 Å². The van der Waals surface area contributed by atoms with Crippen molar-refractivity contribution >= 4 is 39.5 Å². The largest absolute Gasteiger partial charge is 0.472 e. The molecule has 19 heteroatoms. The third-order valence-corrected chi connectivity index (χ3v) is 19.5. The number of hydrogen-bond donors (Lipinski definition) is 3. The molecule has 3 N–H and O–H groups in total. The van der Waals surface area contributed by atoms with Crippen molar-refractivity contribution in [1.29, 1.82) is 0 Å². The van der Waals surface area contributed by atoms with Gasteiger partial charge in [0.2, 0.25) is 0 Å². The smallest absolute Gasteiger partial charge is 0.462 e. The van der Waals surface area contributed by atoms with Crippen LogP contribution in [0.2, 0.25) is 0 Å². The molecule has 0 aromatic heterocycles. The molecule has 0 aliphatic rings. The third kappa shape index (κ3) is 71.7. The van der Waals surface area contributed by atoms with Gasteiger partial charge in [0.15, 0.2) is 12.2 Å². The van der Waals surface area contributed by atoms with E-state index >= 15 is 0 Å². The molecule has 0 saturated carbocycles. The Kier molecular flexibility index (Phi) is 70.6. The highest BCUT2D eigenvalue weighted by Gasteiger charge is 2.30. The fraction of sp³-hybridized carbons (Fsp3) is 0.873. The summed E-state index contributed by atoms with van der Waals surface area (Å²) in [7, 11) is -9.93. The van der Waals surface area contributed by atoms with Gasteiger partial charge in [-0.05, 0) is 64.2 Å². The van der Waals surface area contributed by atoms with Crippen LogP contribution >= 0.6 is 15.6 Å². The number of carbonyl (C=O) groups excluding carboxylic acids is 4. The lowest BCUT2D eigenvalue weighted by Crippen LogP contribution is -2.30. The highest BCUT2D eigenvalue weighted by atomic mass is 31.2. The van der Waals surface area contributed by atoms with Crippen molar-refractivity contribution in [3.05, 3.63) is 36.5 Å². The normalized spacial score (nSPS) is 14.1. The fourth-order valence-electron chi connectivity index (χ4n) is 11.5. The maximum absolute atomic E-state index is 13.1. The first-order valence-corrected chi connectivity index (χ1v) is 43.2. The standard InChI is InChI=1S/C79H148O17P2/c1-5-9-13-17-21-25-29-32-34-35-36-37-39-41-45-48-52-56-60-64-77(82)90-70-75(96-79(84)66-62-58-54-50-46-42-38-33-30-26-22-18-14-10-6-2)72-94-98(87,88)92-68-73(80)67-91-97(85,86)93-71-74(95-78(83)65-61-57-53-49-43-28-24-20-16-12-8-4)69-89-76(81)63-59-55-51-47-44-40-31-27-23-19-15-11-7-3/h21,25,32,34,36-37,73-75,80H,5-20,22-24,26-31,33,35,38-72H2,1-4H3,(H,85,86)(H,87,88)/b25-21-,34-32-,37-36-. The van der Waals surface area contributed by atoms with E-state index in [1.807, 2.05) is 0 Å². The van der Waals surface area contributed by atoms with E-state index in [4.69, 9.17) is 37.0 Å². The zero-order valence-corrected chi connectivity index (χ0v) is 64.8. The number of hydrogen-bond acceptors (Lipinski definition) is 15. The number of aliphatic hydroxyl groups excluding tert-OH is 1. The summed E-state index contributed by atoms with van der Waals surface area (Å²) in [6.07, 6.45) is 68.3. The summed E-state index contributed by atoms with van der Waals surface area (Å²) in [6.45, 7) is 4.92.